The number of nitrogens with one attached hydrogen (secondary N) is 1. The topological polar surface area (TPSA) is 107 Å². The molecular formula is C11H10ClN5O. The standard InChI is InChI=1S/C11H10ClN5O/c12-8-9(13)15-5-16-11(8)17-7-3-1-2-6(4-7)10(14)18/h1-5H,(H2,14,18)(H3,13,15,16,17). The number of carbonyl (C=O) groups is 1. The van der Waals surface area contributed by atoms with Crippen LogP contribution in [0, 0.1) is 0 Å². The molecule has 0 aliphatic heterocycles. The predicted molar refractivity (Wildman–Crippen MR) is 69.7 cm³/mol. The third-order valence-electron chi connectivity index (χ3n) is 2.23. The molecule has 0 spiro atoms. The molecule has 0 fully saturated rings. The lowest BCUT2D eigenvalue weighted by Gasteiger charge is -2.08. The number of hydrogen-bond donors (Lipinski definition) is 3. The van der Waals surface area contributed by atoms with E-state index in [1.165, 1.54) is 6.33 Å². The van der Waals surface area contributed by atoms with Crippen molar-refractivity contribution in [2.24, 2.45) is 5.73 Å². The molecule has 1 aromatic heterocycles. The molecule has 2 rings (SSSR count). The Morgan fingerprint density at radius 3 is 2.83 bits per heavy atom. The highest BCUT2D eigenvalue weighted by atomic mass is 35.5. The van der Waals surface area contributed by atoms with E-state index in [1.54, 1.807) is 24.3 Å². The van der Waals surface area contributed by atoms with Gasteiger partial charge in [-0.25, -0.2) is 9.97 Å². The van der Waals surface area contributed by atoms with Crippen LogP contribution >= 0.6 is 11.6 Å². The van der Waals surface area contributed by atoms with Crippen LogP contribution in [0.25, 0.3) is 0 Å². The SMILES string of the molecule is NC(=O)c1cccc(Nc2ncnc(N)c2Cl)c1. The summed E-state index contributed by atoms with van der Waals surface area (Å²) in [5, 5.41) is 3.16. The highest BCUT2D eigenvalue weighted by Gasteiger charge is 2.07. The summed E-state index contributed by atoms with van der Waals surface area (Å²) in [5.74, 6) is 0.0398. The summed E-state index contributed by atoms with van der Waals surface area (Å²) < 4.78 is 0. The average molecular weight is 264 g/mol. The van der Waals surface area contributed by atoms with Gasteiger partial charge >= 0.3 is 0 Å². The minimum Gasteiger partial charge on any atom is -0.382 e. The van der Waals surface area contributed by atoms with E-state index in [-0.39, 0.29) is 10.8 Å². The predicted octanol–water partition coefficient (Wildman–Crippen LogP) is 1.55. The van der Waals surface area contributed by atoms with Gasteiger partial charge in [0, 0.05) is 11.3 Å². The van der Waals surface area contributed by atoms with Crippen LogP contribution in [0.5, 0.6) is 0 Å². The second-order valence-electron chi connectivity index (χ2n) is 3.49. The van der Waals surface area contributed by atoms with Gasteiger partial charge in [0.1, 0.15) is 17.2 Å². The number of rotatable bonds is 3. The Kier molecular flexibility index (Phi) is 3.29. The summed E-state index contributed by atoms with van der Waals surface area (Å²) in [4.78, 5) is 18.8. The molecule has 0 unspecified atom stereocenters. The van der Waals surface area contributed by atoms with E-state index in [9.17, 15) is 4.79 Å². The van der Waals surface area contributed by atoms with Crippen LogP contribution in [-0.2, 0) is 0 Å². The fourth-order valence-electron chi connectivity index (χ4n) is 1.36. The number of nitrogens with two attached hydrogens (primary N) is 2. The Labute approximate surface area is 108 Å². The van der Waals surface area contributed by atoms with E-state index in [1.807, 2.05) is 0 Å². The molecule has 5 N–H and O–H groups in total. The Morgan fingerprint density at radius 2 is 2.11 bits per heavy atom. The normalized spacial score (nSPS) is 10.1. The molecule has 18 heavy (non-hydrogen) atoms. The molecule has 0 atom stereocenters. The van der Waals surface area contributed by atoms with Crippen LogP contribution in [0.3, 0.4) is 0 Å². The second-order valence-corrected chi connectivity index (χ2v) is 3.87. The Hall–Kier alpha value is -2.34. The number of primary amides is 1. The van der Waals surface area contributed by atoms with E-state index in [4.69, 9.17) is 23.1 Å². The highest BCUT2D eigenvalue weighted by molar-refractivity contribution is 6.35. The van der Waals surface area contributed by atoms with Crippen molar-refractivity contribution < 1.29 is 4.79 Å². The molecule has 0 aliphatic rings. The van der Waals surface area contributed by atoms with E-state index in [0.717, 1.165) is 0 Å². The highest BCUT2D eigenvalue weighted by Crippen LogP contribution is 2.26. The number of carbonyl (C=O) groups excluding carboxylic acids is 1. The largest absolute Gasteiger partial charge is 0.382 e. The molecule has 1 aromatic carbocycles. The van der Waals surface area contributed by atoms with Crippen molar-refractivity contribution in [1.82, 2.24) is 9.97 Å². The molecule has 1 heterocycles. The van der Waals surface area contributed by atoms with Crippen molar-refractivity contribution in [3.8, 4) is 0 Å². The summed E-state index contributed by atoms with van der Waals surface area (Å²) in [6.07, 6.45) is 1.29. The number of nitrogens with zero attached hydrogens (tertiary/aromatic N) is 2. The molecule has 92 valence electrons. The monoisotopic (exact) mass is 263 g/mol. The molecule has 6 nitrogen and oxygen atoms in total. The van der Waals surface area contributed by atoms with Gasteiger partial charge < -0.3 is 16.8 Å². The first-order valence-corrected chi connectivity index (χ1v) is 5.38. The van der Waals surface area contributed by atoms with Crippen molar-refractivity contribution >= 4 is 34.8 Å². The van der Waals surface area contributed by atoms with E-state index >= 15 is 0 Å². The summed E-state index contributed by atoms with van der Waals surface area (Å²) in [6.45, 7) is 0. The second kappa shape index (κ2) is 4.89. The van der Waals surface area contributed by atoms with Gasteiger partial charge in [-0.3, -0.25) is 4.79 Å². The number of benzene rings is 1. The van der Waals surface area contributed by atoms with Gasteiger partial charge in [0.15, 0.2) is 5.82 Å². The van der Waals surface area contributed by atoms with Gasteiger partial charge in [-0.15, -0.1) is 0 Å². The summed E-state index contributed by atoms with van der Waals surface area (Å²) >= 11 is 5.94. The van der Waals surface area contributed by atoms with Crippen molar-refractivity contribution in [3.63, 3.8) is 0 Å². The maximum atomic E-state index is 11.0. The van der Waals surface area contributed by atoms with Gasteiger partial charge in [0.25, 0.3) is 0 Å². The van der Waals surface area contributed by atoms with Gasteiger partial charge in [-0.2, -0.15) is 0 Å². The first-order valence-electron chi connectivity index (χ1n) is 5.01. The first-order chi connectivity index (χ1) is 8.58. The summed E-state index contributed by atoms with van der Waals surface area (Å²) in [7, 11) is 0. The zero-order chi connectivity index (χ0) is 13.1. The molecule has 0 bridgehead atoms. The smallest absolute Gasteiger partial charge is 0.248 e. The van der Waals surface area contributed by atoms with Gasteiger partial charge in [-0.05, 0) is 18.2 Å². The number of hydrogen-bond acceptors (Lipinski definition) is 5. The zero-order valence-electron chi connectivity index (χ0n) is 9.22. The van der Waals surface area contributed by atoms with E-state index in [0.29, 0.717) is 17.1 Å². The quantitative estimate of drug-likeness (QED) is 0.779. The minimum absolute atomic E-state index is 0.181. The van der Waals surface area contributed by atoms with E-state index in [2.05, 4.69) is 15.3 Å². The van der Waals surface area contributed by atoms with Crippen molar-refractivity contribution in [2.45, 2.75) is 0 Å². The Balaban J connectivity index is 2.31. The van der Waals surface area contributed by atoms with Crippen molar-refractivity contribution in [3.05, 3.63) is 41.2 Å². The molecular weight excluding hydrogens is 254 g/mol. The number of aromatic nitrogens is 2. The summed E-state index contributed by atoms with van der Waals surface area (Å²) in [6, 6.07) is 6.66. The maximum absolute atomic E-state index is 11.0. The lowest BCUT2D eigenvalue weighted by Crippen LogP contribution is -2.11. The van der Waals surface area contributed by atoms with Crippen LogP contribution in [0.1, 0.15) is 10.4 Å². The molecule has 1 amide bonds. The van der Waals surface area contributed by atoms with Gasteiger partial charge in [0.05, 0.1) is 0 Å². The van der Waals surface area contributed by atoms with E-state index < -0.39 is 5.91 Å². The Morgan fingerprint density at radius 1 is 1.33 bits per heavy atom. The van der Waals surface area contributed by atoms with Crippen LogP contribution in [0.4, 0.5) is 17.3 Å². The molecule has 0 aliphatic carbocycles. The van der Waals surface area contributed by atoms with Crippen LogP contribution in [0.2, 0.25) is 5.02 Å². The third-order valence-corrected chi connectivity index (χ3v) is 2.60. The maximum Gasteiger partial charge on any atom is 0.248 e. The lowest BCUT2D eigenvalue weighted by atomic mass is 10.2. The fourth-order valence-corrected chi connectivity index (χ4v) is 1.50. The van der Waals surface area contributed by atoms with Crippen molar-refractivity contribution in [2.75, 3.05) is 11.1 Å². The number of nitrogen functional groups attached to an aromatic ring is 1. The molecule has 0 saturated carbocycles. The van der Waals surface area contributed by atoms with Crippen LogP contribution in [-0.4, -0.2) is 15.9 Å². The molecule has 0 radical (unpaired) electrons. The van der Waals surface area contributed by atoms with Gasteiger partial charge in [0.2, 0.25) is 5.91 Å². The Bertz CT molecular complexity index is 602. The number of halogens is 1. The zero-order valence-corrected chi connectivity index (χ0v) is 9.98. The number of amides is 1. The third kappa shape index (κ3) is 2.49. The fraction of sp³-hybridized carbons (Fsp3) is 0. The van der Waals surface area contributed by atoms with Gasteiger partial charge in [-0.1, -0.05) is 17.7 Å². The van der Waals surface area contributed by atoms with Crippen molar-refractivity contribution in [1.29, 1.82) is 0 Å². The minimum atomic E-state index is -0.507. The van der Waals surface area contributed by atoms with Crippen LogP contribution in [0.15, 0.2) is 30.6 Å². The first kappa shape index (κ1) is 12.1. The average Bonchev–Trinajstić information content (AvgIpc) is 2.35. The lowest BCUT2D eigenvalue weighted by molar-refractivity contribution is 0.100. The van der Waals surface area contributed by atoms with Crippen LogP contribution < -0.4 is 16.8 Å². The molecule has 0 saturated heterocycles. The molecule has 2 aromatic rings. The summed E-state index contributed by atoms with van der Waals surface area (Å²) in [5.41, 5.74) is 11.8. The molecule has 7 heteroatoms. The number of anilines is 3.